The lowest BCUT2D eigenvalue weighted by Crippen LogP contribution is -2.21. The molecule has 1 saturated heterocycles. The van der Waals surface area contributed by atoms with E-state index in [0.717, 1.165) is 31.6 Å². The third kappa shape index (κ3) is 4.79. The summed E-state index contributed by atoms with van der Waals surface area (Å²) in [5.74, 6) is -0.798. The Bertz CT molecular complexity index is 999. The summed E-state index contributed by atoms with van der Waals surface area (Å²) in [4.78, 5) is 19.2. The van der Waals surface area contributed by atoms with Gasteiger partial charge < -0.3 is 16.0 Å². The van der Waals surface area contributed by atoms with E-state index in [-0.39, 0.29) is 11.4 Å². The first-order valence-corrected chi connectivity index (χ1v) is 9.35. The molecular weight excluding hydrogens is 369 g/mol. The first-order valence-electron chi connectivity index (χ1n) is 9.35. The van der Waals surface area contributed by atoms with Crippen LogP contribution in [0.25, 0.3) is 0 Å². The van der Waals surface area contributed by atoms with Crippen molar-refractivity contribution in [1.29, 1.82) is 5.26 Å². The third-order valence-corrected chi connectivity index (χ3v) is 4.75. The van der Waals surface area contributed by atoms with E-state index >= 15 is 0 Å². The zero-order valence-electron chi connectivity index (χ0n) is 16.2. The van der Waals surface area contributed by atoms with E-state index in [1.807, 2.05) is 6.07 Å². The summed E-state index contributed by atoms with van der Waals surface area (Å²) < 4.78 is 13.0. The molecule has 0 spiro atoms. The quantitative estimate of drug-likeness (QED) is 0.597. The Morgan fingerprint density at radius 1 is 1.24 bits per heavy atom. The first-order chi connectivity index (χ1) is 14.0. The van der Waals surface area contributed by atoms with Crippen LogP contribution in [0.5, 0.6) is 0 Å². The monoisotopic (exact) mass is 391 g/mol. The van der Waals surface area contributed by atoms with Crippen LogP contribution in [0.15, 0.2) is 59.2 Å². The number of nitriles is 1. The van der Waals surface area contributed by atoms with Crippen molar-refractivity contribution >= 4 is 28.7 Å². The fourth-order valence-corrected chi connectivity index (χ4v) is 3.27. The Morgan fingerprint density at radius 2 is 1.93 bits per heavy atom. The predicted octanol–water partition coefficient (Wildman–Crippen LogP) is 3.87. The molecule has 0 atom stereocenters. The molecule has 0 bridgehead atoms. The van der Waals surface area contributed by atoms with Crippen LogP contribution in [0.2, 0.25) is 0 Å². The van der Waals surface area contributed by atoms with Crippen molar-refractivity contribution in [1.82, 2.24) is 0 Å². The van der Waals surface area contributed by atoms with Crippen molar-refractivity contribution in [3.63, 3.8) is 0 Å². The summed E-state index contributed by atoms with van der Waals surface area (Å²) in [6.45, 7) is 3.51. The number of carbonyl (C=O) groups is 1. The van der Waals surface area contributed by atoms with E-state index in [1.54, 1.807) is 19.1 Å². The van der Waals surface area contributed by atoms with Gasteiger partial charge in [0.25, 0.3) is 5.91 Å². The van der Waals surface area contributed by atoms with Crippen molar-refractivity contribution in [2.45, 2.75) is 19.8 Å². The average Bonchev–Trinajstić information content (AvgIpc) is 3.24. The predicted molar refractivity (Wildman–Crippen MR) is 113 cm³/mol. The van der Waals surface area contributed by atoms with Gasteiger partial charge in [0, 0.05) is 25.0 Å². The maximum absolute atomic E-state index is 13.0. The van der Waals surface area contributed by atoms with Crippen LogP contribution in [0.4, 0.5) is 21.5 Å². The number of nitrogens with two attached hydrogens (primary N) is 1. The number of hydrogen-bond donors (Lipinski definition) is 2. The van der Waals surface area contributed by atoms with Gasteiger partial charge in [-0.3, -0.25) is 9.79 Å². The fraction of sp³-hybridized carbons (Fsp3) is 0.227. The van der Waals surface area contributed by atoms with Gasteiger partial charge in [0.15, 0.2) is 0 Å². The Hall–Kier alpha value is -3.66. The van der Waals surface area contributed by atoms with Gasteiger partial charge in [-0.2, -0.15) is 5.26 Å². The number of amides is 1. The average molecular weight is 391 g/mol. The molecule has 0 aliphatic carbocycles. The molecule has 0 saturated carbocycles. The normalized spacial score (nSPS) is 14.6. The molecule has 148 valence electrons. The summed E-state index contributed by atoms with van der Waals surface area (Å²) in [6, 6.07) is 13.1. The molecule has 2 aromatic carbocycles. The summed E-state index contributed by atoms with van der Waals surface area (Å²) in [5.41, 5.74) is 8.64. The number of aliphatic imine (C=N–C) groups is 1. The zero-order chi connectivity index (χ0) is 20.8. The van der Waals surface area contributed by atoms with E-state index in [0.29, 0.717) is 22.6 Å². The minimum absolute atomic E-state index is 0.191. The Morgan fingerprint density at radius 3 is 2.55 bits per heavy atom. The molecule has 1 amide bonds. The molecule has 1 heterocycles. The zero-order valence-corrected chi connectivity index (χ0v) is 16.2. The standard InChI is InChI=1S/C22H22FN5O/c1-15(26-18-6-4-17(23)5-7-18)20(14-25)22(29)27-19-8-9-21(16(12-19)13-24)28-10-2-3-11-28/h4-9,12,14H,2-3,10-11,25H2,1H3,(H,27,29). The minimum atomic E-state index is -0.436. The summed E-state index contributed by atoms with van der Waals surface area (Å²) in [7, 11) is 0. The molecule has 6 nitrogen and oxygen atoms in total. The van der Waals surface area contributed by atoms with Crippen LogP contribution >= 0.6 is 0 Å². The number of nitrogens with one attached hydrogen (secondary N) is 1. The van der Waals surface area contributed by atoms with Crippen molar-refractivity contribution in [3.05, 3.63) is 65.6 Å². The molecular formula is C22H22FN5O. The first kappa shape index (κ1) is 20.1. The van der Waals surface area contributed by atoms with Crippen molar-refractivity contribution in [3.8, 4) is 6.07 Å². The molecule has 3 rings (SSSR count). The number of carbonyl (C=O) groups excluding carboxylic acids is 1. The fourth-order valence-electron chi connectivity index (χ4n) is 3.27. The highest BCUT2D eigenvalue weighted by molar-refractivity contribution is 6.25. The van der Waals surface area contributed by atoms with Crippen molar-refractivity contribution in [2.24, 2.45) is 10.7 Å². The number of benzene rings is 2. The largest absolute Gasteiger partial charge is 0.404 e. The van der Waals surface area contributed by atoms with E-state index in [2.05, 4.69) is 21.3 Å². The second-order valence-electron chi connectivity index (χ2n) is 6.75. The van der Waals surface area contributed by atoms with Gasteiger partial charge >= 0.3 is 0 Å². The molecule has 1 fully saturated rings. The van der Waals surface area contributed by atoms with Crippen LogP contribution in [0, 0.1) is 17.1 Å². The van der Waals surface area contributed by atoms with Gasteiger partial charge in [0.05, 0.1) is 28.2 Å². The van der Waals surface area contributed by atoms with Crippen LogP contribution < -0.4 is 16.0 Å². The summed E-state index contributed by atoms with van der Waals surface area (Å²) >= 11 is 0. The smallest absolute Gasteiger partial charge is 0.258 e. The molecule has 2 aromatic rings. The van der Waals surface area contributed by atoms with Gasteiger partial charge in [0.2, 0.25) is 0 Å². The van der Waals surface area contributed by atoms with Crippen molar-refractivity contribution < 1.29 is 9.18 Å². The third-order valence-electron chi connectivity index (χ3n) is 4.75. The van der Waals surface area contributed by atoms with Crippen LogP contribution in [-0.4, -0.2) is 24.7 Å². The van der Waals surface area contributed by atoms with E-state index in [1.165, 1.54) is 30.5 Å². The maximum Gasteiger partial charge on any atom is 0.258 e. The highest BCUT2D eigenvalue weighted by Crippen LogP contribution is 2.27. The SMILES string of the molecule is CC(=Nc1ccc(F)cc1)C(=CN)C(=O)Nc1ccc(N2CCCC2)c(C#N)c1. The molecule has 1 aliphatic rings. The lowest BCUT2D eigenvalue weighted by Gasteiger charge is -2.19. The van der Waals surface area contributed by atoms with Gasteiger partial charge in [-0.25, -0.2) is 4.39 Å². The van der Waals surface area contributed by atoms with Gasteiger partial charge in [0.1, 0.15) is 11.9 Å². The van der Waals surface area contributed by atoms with Gasteiger partial charge in [-0.15, -0.1) is 0 Å². The van der Waals surface area contributed by atoms with E-state index in [4.69, 9.17) is 5.73 Å². The lowest BCUT2D eigenvalue weighted by molar-refractivity contribution is -0.112. The van der Waals surface area contributed by atoms with Gasteiger partial charge in [-0.1, -0.05) is 0 Å². The van der Waals surface area contributed by atoms with Crippen molar-refractivity contribution in [2.75, 3.05) is 23.3 Å². The van der Waals surface area contributed by atoms with Crippen LogP contribution in [0.3, 0.4) is 0 Å². The van der Waals surface area contributed by atoms with E-state index < -0.39 is 5.91 Å². The molecule has 29 heavy (non-hydrogen) atoms. The highest BCUT2D eigenvalue weighted by atomic mass is 19.1. The Kier molecular flexibility index (Phi) is 6.25. The minimum Gasteiger partial charge on any atom is -0.404 e. The number of hydrogen-bond acceptors (Lipinski definition) is 5. The maximum atomic E-state index is 13.0. The van der Waals surface area contributed by atoms with Crippen LogP contribution in [0.1, 0.15) is 25.3 Å². The highest BCUT2D eigenvalue weighted by Gasteiger charge is 2.18. The molecule has 3 N–H and O–H groups in total. The number of anilines is 2. The summed E-state index contributed by atoms with van der Waals surface area (Å²) in [6.07, 6.45) is 3.41. The second kappa shape index (κ2) is 9.02. The number of nitrogens with zero attached hydrogens (tertiary/aromatic N) is 3. The summed E-state index contributed by atoms with van der Waals surface area (Å²) in [5, 5.41) is 12.3. The molecule has 7 heteroatoms. The molecule has 0 unspecified atom stereocenters. The second-order valence-corrected chi connectivity index (χ2v) is 6.75. The molecule has 0 radical (unpaired) electrons. The Labute approximate surface area is 169 Å². The lowest BCUT2D eigenvalue weighted by atomic mass is 10.1. The van der Waals surface area contributed by atoms with Crippen LogP contribution in [-0.2, 0) is 4.79 Å². The van der Waals surface area contributed by atoms with Gasteiger partial charge in [-0.05, 0) is 62.2 Å². The number of rotatable bonds is 5. The topological polar surface area (TPSA) is 94.5 Å². The molecule has 0 aromatic heterocycles. The van der Waals surface area contributed by atoms with E-state index in [9.17, 15) is 14.4 Å². The molecule has 1 aliphatic heterocycles. The Balaban J connectivity index is 1.77. The number of halogens is 1.